The van der Waals surface area contributed by atoms with Gasteiger partial charge in [0.2, 0.25) is 0 Å². The molecule has 0 radical (unpaired) electrons. The van der Waals surface area contributed by atoms with Crippen LogP contribution in [0.1, 0.15) is 51.5 Å². The van der Waals surface area contributed by atoms with Crippen LogP contribution in [0.5, 0.6) is 5.75 Å². The van der Waals surface area contributed by atoms with Gasteiger partial charge in [0, 0.05) is 35.4 Å². The smallest absolute Gasteiger partial charge is 0.411 e. The van der Waals surface area contributed by atoms with Crippen molar-refractivity contribution >= 4 is 28.4 Å². The third kappa shape index (κ3) is 4.69. The first kappa shape index (κ1) is 22.3. The highest BCUT2D eigenvalue weighted by atomic mass is 16.6. The standard InChI is InChI=1S/C28H33N3O4/c1-17(18-4-5-18)35-28(32)30-20-8-6-19(7-9-20)27-26(29)24-13-12-22(34-16-23-3-2-14-33-23)15-25(24)31(27)21-10-11-21/h6-9,12-13,15,17-18,21,23H,2-5,10-11,14,16,29H2,1H3,(H,30,32)/t17-,23-/m1/s1. The summed E-state index contributed by atoms with van der Waals surface area (Å²) >= 11 is 0. The Balaban J connectivity index is 1.24. The minimum Gasteiger partial charge on any atom is -0.491 e. The fraction of sp³-hybridized carbons (Fsp3) is 0.464. The Morgan fingerprint density at radius 2 is 1.94 bits per heavy atom. The molecule has 2 saturated carbocycles. The van der Waals surface area contributed by atoms with Crippen LogP contribution in [0.4, 0.5) is 16.2 Å². The molecular weight excluding hydrogens is 442 g/mol. The van der Waals surface area contributed by atoms with E-state index in [4.69, 9.17) is 19.9 Å². The summed E-state index contributed by atoms with van der Waals surface area (Å²) < 4.78 is 19.6. The molecule has 7 heteroatoms. The summed E-state index contributed by atoms with van der Waals surface area (Å²) in [5, 5.41) is 3.88. The molecule has 1 amide bonds. The van der Waals surface area contributed by atoms with E-state index in [0.717, 1.165) is 78.7 Å². The van der Waals surface area contributed by atoms with Gasteiger partial charge >= 0.3 is 6.09 Å². The molecule has 35 heavy (non-hydrogen) atoms. The van der Waals surface area contributed by atoms with Crippen molar-refractivity contribution in [3.8, 4) is 17.0 Å². The molecule has 2 aromatic carbocycles. The minimum atomic E-state index is -0.403. The Kier molecular flexibility index (Phi) is 5.80. The van der Waals surface area contributed by atoms with E-state index in [1.54, 1.807) is 0 Å². The van der Waals surface area contributed by atoms with Gasteiger partial charge in [-0.15, -0.1) is 0 Å². The van der Waals surface area contributed by atoms with Crippen LogP contribution in [0.3, 0.4) is 0 Å². The molecule has 0 unspecified atom stereocenters. The van der Waals surface area contributed by atoms with E-state index >= 15 is 0 Å². The highest BCUT2D eigenvalue weighted by Crippen LogP contribution is 2.47. The number of anilines is 2. The van der Waals surface area contributed by atoms with E-state index in [-0.39, 0.29) is 12.2 Å². The summed E-state index contributed by atoms with van der Waals surface area (Å²) in [6, 6.07) is 14.4. The van der Waals surface area contributed by atoms with Crippen LogP contribution in [0.2, 0.25) is 0 Å². The van der Waals surface area contributed by atoms with Gasteiger partial charge in [0.25, 0.3) is 0 Å². The quantitative estimate of drug-likeness (QED) is 0.409. The van der Waals surface area contributed by atoms with Gasteiger partial charge in [0.05, 0.1) is 23.0 Å². The van der Waals surface area contributed by atoms with E-state index in [0.29, 0.717) is 24.3 Å². The highest BCUT2D eigenvalue weighted by molar-refractivity contribution is 6.02. The Morgan fingerprint density at radius 1 is 1.14 bits per heavy atom. The van der Waals surface area contributed by atoms with Gasteiger partial charge in [-0.1, -0.05) is 12.1 Å². The van der Waals surface area contributed by atoms with Crippen molar-refractivity contribution < 1.29 is 19.0 Å². The number of carbonyl (C=O) groups is 1. The van der Waals surface area contributed by atoms with Gasteiger partial charge in [-0.25, -0.2) is 4.79 Å². The molecule has 0 spiro atoms. The number of aromatic nitrogens is 1. The van der Waals surface area contributed by atoms with Gasteiger partial charge < -0.3 is 24.5 Å². The molecule has 184 valence electrons. The van der Waals surface area contributed by atoms with Crippen LogP contribution in [-0.4, -0.2) is 36.1 Å². The van der Waals surface area contributed by atoms with Gasteiger partial charge in [0.1, 0.15) is 18.5 Å². The lowest BCUT2D eigenvalue weighted by Gasteiger charge is -2.14. The predicted octanol–water partition coefficient (Wildman–Crippen LogP) is 6.13. The number of hydrogen-bond donors (Lipinski definition) is 2. The maximum atomic E-state index is 12.2. The topological polar surface area (TPSA) is 87.7 Å². The number of hydrogen-bond acceptors (Lipinski definition) is 5. The maximum absolute atomic E-state index is 12.2. The molecule has 3 N–H and O–H groups in total. The predicted molar refractivity (Wildman–Crippen MR) is 137 cm³/mol. The van der Waals surface area contributed by atoms with Gasteiger partial charge in [-0.2, -0.15) is 0 Å². The molecule has 7 nitrogen and oxygen atoms in total. The van der Waals surface area contributed by atoms with Crippen LogP contribution in [-0.2, 0) is 9.47 Å². The fourth-order valence-corrected chi connectivity index (χ4v) is 5.07. The average molecular weight is 476 g/mol. The molecule has 3 fully saturated rings. The molecular formula is C28H33N3O4. The van der Waals surface area contributed by atoms with Crippen LogP contribution < -0.4 is 15.8 Å². The van der Waals surface area contributed by atoms with Gasteiger partial charge in [-0.05, 0) is 75.6 Å². The summed E-state index contributed by atoms with van der Waals surface area (Å²) in [6.45, 7) is 3.36. The zero-order chi connectivity index (χ0) is 23.9. The van der Waals surface area contributed by atoms with Crippen LogP contribution >= 0.6 is 0 Å². The Hall–Kier alpha value is -3.19. The first-order valence-corrected chi connectivity index (χ1v) is 12.8. The van der Waals surface area contributed by atoms with E-state index in [9.17, 15) is 4.79 Å². The fourth-order valence-electron chi connectivity index (χ4n) is 5.07. The molecule has 6 rings (SSSR count). The van der Waals surface area contributed by atoms with Crippen molar-refractivity contribution in [2.24, 2.45) is 5.92 Å². The van der Waals surface area contributed by atoms with Crippen molar-refractivity contribution in [3.63, 3.8) is 0 Å². The van der Waals surface area contributed by atoms with Crippen molar-refractivity contribution in [2.45, 2.75) is 63.7 Å². The monoisotopic (exact) mass is 475 g/mol. The molecule has 3 aliphatic rings. The number of amides is 1. The molecule has 2 heterocycles. The number of nitrogens with one attached hydrogen (secondary N) is 1. The number of nitrogens with two attached hydrogens (primary N) is 1. The first-order chi connectivity index (χ1) is 17.1. The summed E-state index contributed by atoms with van der Waals surface area (Å²) in [7, 11) is 0. The summed E-state index contributed by atoms with van der Waals surface area (Å²) in [6.07, 6.45) is 6.46. The van der Waals surface area contributed by atoms with E-state index in [1.807, 2.05) is 37.3 Å². The maximum Gasteiger partial charge on any atom is 0.411 e. The van der Waals surface area contributed by atoms with Crippen LogP contribution in [0.25, 0.3) is 22.2 Å². The molecule has 1 aromatic heterocycles. The summed E-state index contributed by atoms with van der Waals surface area (Å²) in [5.41, 5.74) is 11.3. The number of nitrogens with zero attached hydrogens (tertiary/aromatic N) is 1. The number of benzene rings is 2. The Bertz CT molecular complexity index is 1220. The molecule has 2 atom stereocenters. The second kappa shape index (κ2) is 9.11. The SMILES string of the molecule is C[C@@H](OC(=O)Nc1ccc(-c2c(N)c3ccc(OC[C@H]4CCCO4)cc3n2C2CC2)cc1)C1CC1. The number of nitrogen functional groups attached to an aromatic ring is 1. The minimum absolute atomic E-state index is 0.0390. The zero-order valence-corrected chi connectivity index (χ0v) is 20.2. The lowest BCUT2D eigenvalue weighted by atomic mass is 10.1. The highest BCUT2D eigenvalue weighted by Gasteiger charge is 2.31. The second-order valence-corrected chi connectivity index (χ2v) is 10.1. The number of carbonyl (C=O) groups excluding carboxylic acids is 1. The molecule has 0 bridgehead atoms. The summed E-state index contributed by atoms with van der Waals surface area (Å²) in [4.78, 5) is 12.2. The third-order valence-corrected chi connectivity index (χ3v) is 7.37. The molecule has 1 aliphatic heterocycles. The van der Waals surface area contributed by atoms with Crippen molar-refractivity contribution in [2.75, 3.05) is 24.3 Å². The number of ether oxygens (including phenoxy) is 3. The van der Waals surface area contributed by atoms with Crippen LogP contribution in [0, 0.1) is 5.92 Å². The normalized spacial score (nSPS) is 20.7. The number of fused-ring (bicyclic) bond motifs is 1. The third-order valence-electron chi connectivity index (χ3n) is 7.37. The van der Waals surface area contributed by atoms with E-state index in [1.165, 1.54) is 0 Å². The lowest BCUT2D eigenvalue weighted by Crippen LogP contribution is -2.21. The van der Waals surface area contributed by atoms with Crippen molar-refractivity contribution in [3.05, 3.63) is 42.5 Å². The Morgan fingerprint density at radius 3 is 2.63 bits per heavy atom. The van der Waals surface area contributed by atoms with Crippen LogP contribution in [0.15, 0.2) is 42.5 Å². The Labute approximate surface area is 205 Å². The summed E-state index contributed by atoms with van der Waals surface area (Å²) in [5.74, 6) is 1.36. The van der Waals surface area contributed by atoms with Gasteiger partial charge in [0.15, 0.2) is 0 Å². The largest absolute Gasteiger partial charge is 0.491 e. The van der Waals surface area contributed by atoms with E-state index in [2.05, 4.69) is 22.0 Å². The average Bonchev–Trinajstić information content (AvgIpc) is 3.79. The molecule has 1 saturated heterocycles. The number of rotatable bonds is 8. The molecule has 3 aromatic rings. The lowest BCUT2D eigenvalue weighted by molar-refractivity contribution is 0.0680. The van der Waals surface area contributed by atoms with Crippen molar-refractivity contribution in [1.82, 2.24) is 4.57 Å². The van der Waals surface area contributed by atoms with E-state index < -0.39 is 6.09 Å². The first-order valence-electron chi connectivity index (χ1n) is 12.8. The van der Waals surface area contributed by atoms with Crippen molar-refractivity contribution in [1.29, 1.82) is 0 Å². The molecule has 2 aliphatic carbocycles. The second-order valence-electron chi connectivity index (χ2n) is 10.1. The zero-order valence-electron chi connectivity index (χ0n) is 20.2. The van der Waals surface area contributed by atoms with Gasteiger partial charge in [-0.3, -0.25) is 5.32 Å².